The Kier molecular flexibility index (Phi) is 6.05. The van der Waals surface area contributed by atoms with Crippen LogP contribution in [-0.4, -0.2) is 24.9 Å². The van der Waals surface area contributed by atoms with Gasteiger partial charge in [-0.25, -0.2) is 9.59 Å². The van der Waals surface area contributed by atoms with Gasteiger partial charge in [-0.3, -0.25) is 0 Å². The second-order valence-corrected chi connectivity index (χ2v) is 5.79. The molecular weight excluding hydrogens is 314 g/mol. The van der Waals surface area contributed by atoms with Crippen molar-refractivity contribution in [3.05, 3.63) is 57.8 Å². The van der Waals surface area contributed by atoms with Crippen molar-refractivity contribution in [2.45, 2.75) is 20.0 Å². The Balaban J connectivity index is 2.05. The Labute approximate surface area is 138 Å². The summed E-state index contributed by atoms with van der Waals surface area (Å²) < 4.78 is 9.76. The summed E-state index contributed by atoms with van der Waals surface area (Å²) in [5.74, 6) is -0.630. The molecule has 1 amide bonds. The average Bonchev–Trinajstić information content (AvgIpc) is 2.97. The first kappa shape index (κ1) is 16.9. The Morgan fingerprint density at radius 1 is 1.17 bits per heavy atom. The van der Waals surface area contributed by atoms with Gasteiger partial charge in [-0.1, -0.05) is 30.3 Å². The number of ether oxygens (including phenoxy) is 2. The number of amides is 1. The van der Waals surface area contributed by atoms with E-state index in [-0.39, 0.29) is 18.7 Å². The molecule has 0 atom stereocenters. The molecule has 2 rings (SSSR count). The van der Waals surface area contributed by atoms with Crippen LogP contribution >= 0.6 is 11.3 Å². The molecule has 0 spiro atoms. The SMILES string of the molecule is COC(=O)C(Cc1sccc1C)=NC(=O)OCc1ccccc1. The first-order valence-corrected chi connectivity index (χ1v) is 7.87. The number of esters is 1. The van der Waals surface area contributed by atoms with E-state index in [2.05, 4.69) is 4.99 Å². The van der Waals surface area contributed by atoms with E-state index in [0.717, 1.165) is 16.0 Å². The fourth-order valence-electron chi connectivity index (χ4n) is 1.87. The Hall–Kier alpha value is -2.47. The zero-order valence-electron chi connectivity index (χ0n) is 12.9. The van der Waals surface area contributed by atoms with Crippen LogP contribution in [-0.2, 0) is 27.3 Å². The highest BCUT2D eigenvalue weighted by molar-refractivity contribution is 7.10. The van der Waals surface area contributed by atoms with Crippen molar-refractivity contribution in [1.29, 1.82) is 0 Å². The molecule has 5 nitrogen and oxygen atoms in total. The third kappa shape index (κ3) is 5.03. The van der Waals surface area contributed by atoms with Crippen molar-refractivity contribution in [3.63, 3.8) is 0 Å². The number of aliphatic imine (C=N–C) groups is 1. The molecule has 2 aromatic rings. The maximum Gasteiger partial charge on any atom is 0.434 e. The summed E-state index contributed by atoms with van der Waals surface area (Å²) in [6.07, 6.45) is -0.556. The van der Waals surface area contributed by atoms with Crippen LogP contribution in [0, 0.1) is 6.92 Å². The number of rotatable bonds is 5. The van der Waals surface area contributed by atoms with E-state index < -0.39 is 12.1 Å². The quantitative estimate of drug-likeness (QED) is 0.621. The molecule has 23 heavy (non-hydrogen) atoms. The van der Waals surface area contributed by atoms with Gasteiger partial charge in [0.2, 0.25) is 0 Å². The molecule has 0 fully saturated rings. The summed E-state index contributed by atoms with van der Waals surface area (Å²) in [4.78, 5) is 28.4. The van der Waals surface area contributed by atoms with E-state index in [9.17, 15) is 9.59 Å². The molecule has 0 bridgehead atoms. The maximum atomic E-state index is 11.8. The van der Waals surface area contributed by atoms with E-state index in [1.807, 2.05) is 48.7 Å². The Morgan fingerprint density at radius 2 is 1.91 bits per heavy atom. The van der Waals surface area contributed by atoms with Crippen molar-refractivity contribution in [2.24, 2.45) is 4.99 Å². The molecule has 0 aliphatic rings. The van der Waals surface area contributed by atoms with Crippen molar-refractivity contribution in [1.82, 2.24) is 0 Å². The minimum atomic E-state index is -0.802. The fourth-order valence-corrected chi connectivity index (χ4v) is 2.78. The predicted molar refractivity (Wildman–Crippen MR) is 88.8 cm³/mol. The van der Waals surface area contributed by atoms with Crippen LogP contribution in [0.2, 0.25) is 0 Å². The predicted octanol–water partition coefficient (Wildman–Crippen LogP) is 3.55. The minimum Gasteiger partial charge on any atom is -0.465 e. The lowest BCUT2D eigenvalue weighted by molar-refractivity contribution is -0.132. The zero-order chi connectivity index (χ0) is 16.7. The van der Waals surface area contributed by atoms with Crippen LogP contribution in [0.25, 0.3) is 0 Å². The monoisotopic (exact) mass is 331 g/mol. The topological polar surface area (TPSA) is 65.0 Å². The van der Waals surface area contributed by atoms with Crippen molar-refractivity contribution in [2.75, 3.05) is 7.11 Å². The van der Waals surface area contributed by atoms with Gasteiger partial charge in [-0.15, -0.1) is 11.3 Å². The summed E-state index contributed by atoms with van der Waals surface area (Å²) in [6.45, 7) is 2.05. The van der Waals surface area contributed by atoms with Gasteiger partial charge in [0.25, 0.3) is 0 Å². The van der Waals surface area contributed by atoms with E-state index in [0.29, 0.717) is 0 Å². The second kappa shape index (κ2) is 8.24. The van der Waals surface area contributed by atoms with E-state index >= 15 is 0 Å². The Morgan fingerprint density at radius 3 is 2.52 bits per heavy atom. The van der Waals surface area contributed by atoms with E-state index in [4.69, 9.17) is 9.47 Å². The highest BCUT2D eigenvalue weighted by atomic mass is 32.1. The zero-order valence-corrected chi connectivity index (χ0v) is 13.8. The molecule has 0 saturated heterocycles. The molecule has 1 heterocycles. The first-order chi connectivity index (χ1) is 11.1. The average molecular weight is 331 g/mol. The van der Waals surface area contributed by atoms with Crippen molar-refractivity contribution in [3.8, 4) is 0 Å². The number of nitrogens with zero attached hydrogens (tertiary/aromatic N) is 1. The molecule has 0 aliphatic carbocycles. The van der Waals surface area contributed by atoms with Crippen molar-refractivity contribution < 1.29 is 19.1 Å². The number of aryl methyl sites for hydroxylation is 1. The van der Waals surface area contributed by atoms with Gasteiger partial charge in [0, 0.05) is 11.3 Å². The standard InChI is InChI=1S/C17H17NO4S/c1-12-8-9-23-15(12)10-14(16(19)21-2)18-17(20)22-11-13-6-4-3-5-7-13/h3-9H,10-11H2,1-2H3. The van der Waals surface area contributed by atoms with Gasteiger partial charge >= 0.3 is 12.1 Å². The van der Waals surface area contributed by atoms with E-state index in [1.54, 1.807) is 0 Å². The van der Waals surface area contributed by atoms with Gasteiger partial charge in [0.05, 0.1) is 7.11 Å². The lowest BCUT2D eigenvalue weighted by atomic mass is 10.2. The molecule has 0 saturated carbocycles. The number of thiophene rings is 1. The molecule has 120 valence electrons. The second-order valence-electron chi connectivity index (χ2n) is 4.79. The molecular formula is C17H17NO4S. The van der Waals surface area contributed by atoms with Crippen LogP contribution in [0.1, 0.15) is 16.0 Å². The molecule has 0 unspecified atom stereocenters. The number of carbonyl (C=O) groups excluding carboxylic acids is 2. The number of benzene rings is 1. The van der Waals surface area contributed by atoms with Gasteiger partial charge in [0.15, 0.2) is 0 Å². The van der Waals surface area contributed by atoms with Crippen LogP contribution in [0.3, 0.4) is 0 Å². The summed E-state index contributed by atoms with van der Waals surface area (Å²) >= 11 is 1.50. The van der Waals surface area contributed by atoms with Crippen LogP contribution in [0.5, 0.6) is 0 Å². The number of hydrogen-bond donors (Lipinski definition) is 0. The molecule has 6 heteroatoms. The largest absolute Gasteiger partial charge is 0.465 e. The summed E-state index contributed by atoms with van der Waals surface area (Å²) in [7, 11) is 1.26. The third-order valence-electron chi connectivity index (χ3n) is 3.15. The highest BCUT2D eigenvalue weighted by Crippen LogP contribution is 2.17. The Bertz CT molecular complexity index is 706. The highest BCUT2D eigenvalue weighted by Gasteiger charge is 2.17. The first-order valence-electron chi connectivity index (χ1n) is 6.99. The van der Waals surface area contributed by atoms with Crippen LogP contribution in [0.4, 0.5) is 4.79 Å². The maximum absolute atomic E-state index is 11.8. The molecule has 0 radical (unpaired) electrons. The van der Waals surface area contributed by atoms with Crippen LogP contribution in [0.15, 0.2) is 46.8 Å². The molecule has 0 N–H and O–H groups in total. The normalized spacial score (nSPS) is 11.1. The minimum absolute atomic E-state index is 0.0381. The number of methoxy groups -OCH3 is 1. The lowest BCUT2D eigenvalue weighted by Gasteiger charge is -2.05. The number of hydrogen-bond acceptors (Lipinski definition) is 5. The van der Waals surface area contributed by atoms with Crippen LogP contribution < -0.4 is 0 Å². The molecule has 0 aliphatic heterocycles. The van der Waals surface area contributed by atoms with Crippen molar-refractivity contribution >= 4 is 29.1 Å². The van der Waals surface area contributed by atoms with Gasteiger partial charge in [0.1, 0.15) is 12.3 Å². The fraction of sp³-hybridized carbons (Fsp3) is 0.235. The summed E-state index contributed by atoms with van der Waals surface area (Å²) in [5, 5.41) is 1.92. The lowest BCUT2D eigenvalue weighted by Crippen LogP contribution is -2.20. The number of carbonyl (C=O) groups is 2. The van der Waals surface area contributed by atoms with Gasteiger partial charge < -0.3 is 9.47 Å². The molecule has 1 aromatic heterocycles. The summed E-state index contributed by atoms with van der Waals surface area (Å²) in [5.41, 5.74) is 1.94. The summed E-state index contributed by atoms with van der Waals surface area (Å²) in [6, 6.07) is 11.2. The molecule has 1 aromatic carbocycles. The van der Waals surface area contributed by atoms with E-state index in [1.165, 1.54) is 18.4 Å². The third-order valence-corrected chi connectivity index (χ3v) is 4.17. The smallest absolute Gasteiger partial charge is 0.434 e. The van der Waals surface area contributed by atoms with Gasteiger partial charge in [-0.2, -0.15) is 4.99 Å². The van der Waals surface area contributed by atoms with Gasteiger partial charge in [-0.05, 0) is 29.5 Å².